The number of rotatable bonds is 7. The summed E-state index contributed by atoms with van der Waals surface area (Å²) in [4.78, 5) is 7.46. The second-order valence-electron chi connectivity index (χ2n) is 8.08. The third kappa shape index (κ3) is 3.09. The number of anilines is 2. The molecule has 0 bridgehead atoms. The normalized spacial score (nSPS) is 12.3. The molecule has 1 aromatic heterocycles. The first-order chi connectivity index (χ1) is 15.3. The topological polar surface area (TPSA) is 34.6 Å². The number of hydrogen-bond donors (Lipinski definition) is 0. The van der Waals surface area contributed by atoms with E-state index in [9.17, 15) is 0 Å². The Hall–Kier alpha value is -3.27. The van der Waals surface area contributed by atoms with Crippen LogP contribution in [0, 0.1) is 0 Å². The molecule has 4 aromatic rings. The average molecular weight is 413 g/mol. The van der Waals surface area contributed by atoms with Crippen LogP contribution in [-0.2, 0) is 0 Å². The van der Waals surface area contributed by atoms with Crippen molar-refractivity contribution in [2.75, 3.05) is 25.7 Å². The first-order valence-corrected chi connectivity index (χ1v) is 11.1. The Morgan fingerprint density at radius 3 is 2.16 bits per heavy atom. The van der Waals surface area contributed by atoms with Crippen molar-refractivity contribution in [1.29, 1.82) is 0 Å². The van der Waals surface area contributed by atoms with Crippen LogP contribution < -0.4 is 14.4 Å². The maximum atomic E-state index is 5.88. The van der Waals surface area contributed by atoms with Gasteiger partial charge in [-0.25, -0.2) is 4.98 Å². The van der Waals surface area contributed by atoms with Crippen LogP contribution in [0.15, 0.2) is 54.6 Å². The molecule has 0 aliphatic carbocycles. The lowest BCUT2D eigenvalue weighted by Crippen LogP contribution is -2.22. The molecule has 4 nitrogen and oxygen atoms in total. The van der Waals surface area contributed by atoms with E-state index < -0.39 is 0 Å². The third-order valence-electron chi connectivity index (χ3n) is 6.28. The van der Waals surface area contributed by atoms with Crippen LogP contribution in [0.3, 0.4) is 0 Å². The Balaban J connectivity index is 1.87. The summed E-state index contributed by atoms with van der Waals surface area (Å²) in [7, 11) is 3.48. The van der Waals surface area contributed by atoms with Gasteiger partial charge >= 0.3 is 0 Å². The van der Waals surface area contributed by atoms with Gasteiger partial charge < -0.3 is 14.4 Å². The predicted molar refractivity (Wildman–Crippen MR) is 129 cm³/mol. The molecule has 0 saturated carbocycles. The van der Waals surface area contributed by atoms with E-state index in [1.165, 1.54) is 36.0 Å². The predicted octanol–water partition coefficient (Wildman–Crippen LogP) is 7.10. The molecule has 0 radical (unpaired) electrons. The van der Waals surface area contributed by atoms with E-state index >= 15 is 0 Å². The van der Waals surface area contributed by atoms with E-state index in [0.717, 1.165) is 52.0 Å². The number of aromatic nitrogens is 1. The number of methoxy groups -OCH3 is 2. The summed E-state index contributed by atoms with van der Waals surface area (Å²) in [6.45, 7) is 3.23. The highest BCUT2D eigenvalue weighted by molar-refractivity contribution is 6.21. The Bertz CT molecular complexity index is 1270. The molecule has 158 valence electrons. The number of hydrogen-bond acceptors (Lipinski definition) is 4. The molecule has 3 aromatic carbocycles. The standard InChI is InChI=1S/C27H28N2O2/c1-4-5-6-7-17-29-20-13-8-11-18-24(20)27(26-21(29)14-10-16-23(26)31-3)25-19(28-18)12-9-15-22(25)30-2/h8-16H,4-7,17H2,1-3H3. The second kappa shape index (κ2) is 8.10. The van der Waals surface area contributed by atoms with E-state index in [0.29, 0.717) is 0 Å². The molecule has 1 aliphatic heterocycles. The SMILES string of the molecule is CCCCCCN1c2cccc(OC)c2-c2c3c(OC)cccc3nc3cccc1c23. The minimum Gasteiger partial charge on any atom is -0.496 e. The summed E-state index contributed by atoms with van der Waals surface area (Å²) in [6, 6.07) is 18.9. The summed E-state index contributed by atoms with van der Waals surface area (Å²) in [6.07, 6.45) is 4.89. The number of nitrogens with zero attached hydrogens (tertiary/aromatic N) is 2. The number of ether oxygens (including phenoxy) is 2. The van der Waals surface area contributed by atoms with Crippen LogP contribution in [-0.4, -0.2) is 25.7 Å². The molecule has 31 heavy (non-hydrogen) atoms. The minimum absolute atomic E-state index is 0.838. The van der Waals surface area contributed by atoms with Gasteiger partial charge in [0.1, 0.15) is 11.5 Å². The summed E-state index contributed by atoms with van der Waals surface area (Å²) >= 11 is 0. The van der Waals surface area contributed by atoms with Crippen molar-refractivity contribution in [3.05, 3.63) is 54.6 Å². The summed E-state index contributed by atoms with van der Waals surface area (Å²) < 4.78 is 11.7. The highest BCUT2D eigenvalue weighted by atomic mass is 16.5. The third-order valence-corrected chi connectivity index (χ3v) is 6.28. The van der Waals surface area contributed by atoms with E-state index in [4.69, 9.17) is 14.5 Å². The molecule has 2 heterocycles. The zero-order valence-corrected chi connectivity index (χ0v) is 18.4. The molecular weight excluding hydrogens is 384 g/mol. The van der Waals surface area contributed by atoms with Crippen molar-refractivity contribution in [3.63, 3.8) is 0 Å². The first-order valence-electron chi connectivity index (χ1n) is 11.1. The largest absolute Gasteiger partial charge is 0.496 e. The number of fused-ring (bicyclic) bond motifs is 4. The van der Waals surface area contributed by atoms with Gasteiger partial charge in [0.05, 0.1) is 42.0 Å². The Morgan fingerprint density at radius 1 is 0.710 bits per heavy atom. The van der Waals surface area contributed by atoms with Gasteiger partial charge in [-0.1, -0.05) is 44.4 Å². The van der Waals surface area contributed by atoms with Crippen molar-refractivity contribution in [2.24, 2.45) is 0 Å². The smallest absolute Gasteiger partial charge is 0.128 e. The zero-order valence-electron chi connectivity index (χ0n) is 18.4. The van der Waals surface area contributed by atoms with E-state index in [-0.39, 0.29) is 0 Å². The van der Waals surface area contributed by atoms with Crippen LogP contribution in [0.25, 0.3) is 32.9 Å². The Labute approximate surface area is 183 Å². The van der Waals surface area contributed by atoms with Crippen LogP contribution >= 0.6 is 0 Å². The lowest BCUT2D eigenvalue weighted by molar-refractivity contribution is 0.416. The number of benzene rings is 3. The molecule has 0 amide bonds. The van der Waals surface area contributed by atoms with Gasteiger partial charge in [0.25, 0.3) is 0 Å². The monoisotopic (exact) mass is 412 g/mol. The molecule has 0 fully saturated rings. The fraction of sp³-hybridized carbons (Fsp3) is 0.296. The van der Waals surface area contributed by atoms with Crippen molar-refractivity contribution < 1.29 is 9.47 Å². The number of pyridine rings is 1. The van der Waals surface area contributed by atoms with Gasteiger partial charge in [-0.2, -0.15) is 0 Å². The maximum Gasteiger partial charge on any atom is 0.128 e. The molecule has 0 spiro atoms. The highest BCUT2D eigenvalue weighted by Crippen LogP contribution is 2.54. The average Bonchev–Trinajstić information content (AvgIpc) is 2.81. The fourth-order valence-corrected chi connectivity index (χ4v) is 4.87. The van der Waals surface area contributed by atoms with Gasteiger partial charge in [0.15, 0.2) is 0 Å². The fourth-order valence-electron chi connectivity index (χ4n) is 4.87. The van der Waals surface area contributed by atoms with E-state index in [1.54, 1.807) is 14.2 Å². The summed E-state index contributed by atoms with van der Waals surface area (Å²) in [5.41, 5.74) is 6.63. The van der Waals surface area contributed by atoms with Gasteiger partial charge in [0, 0.05) is 23.1 Å². The van der Waals surface area contributed by atoms with Crippen LogP contribution in [0.5, 0.6) is 11.5 Å². The van der Waals surface area contributed by atoms with Crippen molar-refractivity contribution in [1.82, 2.24) is 4.98 Å². The molecule has 0 saturated heterocycles. The molecule has 5 rings (SSSR count). The van der Waals surface area contributed by atoms with Crippen LogP contribution in [0.2, 0.25) is 0 Å². The lowest BCUT2D eigenvalue weighted by atomic mass is 9.89. The summed E-state index contributed by atoms with van der Waals surface area (Å²) in [5, 5.41) is 2.22. The number of unbranched alkanes of at least 4 members (excludes halogenated alkanes) is 3. The zero-order chi connectivity index (χ0) is 21.4. The summed E-state index contributed by atoms with van der Waals surface area (Å²) in [5.74, 6) is 1.72. The van der Waals surface area contributed by atoms with E-state index in [2.05, 4.69) is 54.3 Å². The first kappa shape index (κ1) is 19.7. The van der Waals surface area contributed by atoms with Crippen molar-refractivity contribution >= 4 is 33.2 Å². The van der Waals surface area contributed by atoms with Crippen LogP contribution in [0.4, 0.5) is 11.4 Å². The van der Waals surface area contributed by atoms with Gasteiger partial charge in [-0.3, -0.25) is 0 Å². The van der Waals surface area contributed by atoms with Gasteiger partial charge in [-0.05, 0) is 42.8 Å². The van der Waals surface area contributed by atoms with Crippen LogP contribution in [0.1, 0.15) is 32.6 Å². The molecule has 0 atom stereocenters. The molecule has 4 heteroatoms. The van der Waals surface area contributed by atoms with Gasteiger partial charge in [0.2, 0.25) is 0 Å². The highest BCUT2D eigenvalue weighted by Gasteiger charge is 2.30. The second-order valence-corrected chi connectivity index (χ2v) is 8.08. The molecule has 0 unspecified atom stereocenters. The molecule has 1 aliphatic rings. The molecule has 0 N–H and O–H groups in total. The Kier molecular flexibility index (Phi) is 5.14. The Morgan fingerprint density at radius 2 is 1.39 bits per heavy atom. The maximum absolute atomic E-state index is 5.88. The van der Waals surface area contributed by atoms with E-state index in [1.807, 2.05) is 12.1 Å². The molecular formula is C27H28N2O2. The minimum atomic E-state index is 0.838. The quantitative estimate of drug-likeness (QED) is 0.239. The lowest BCUT2D eigenvalue weighted by Gasteiger charge is -2.34. The van der Waals surface area contributed by atoms with Gasteiger partial charge in [-0.15, -0.1) is 0 Å². The van der Waals surface area contributed by atoms with Crippen molar-refractivity contribution in [3.8, 4) is 22.6 Å². The van der Waals surface area contributed by atoms with Crippen molar-refractivity contribution in [2.45, 2.75) is 32.6 Å².